The number of carboxylic acids is 1. The van der Waals surface area contributed by atoms with E-state index in [9.17, 15) is 18.3 Å². The van der Waals surface area contributed by atoms with Gasteiger partial charge in [0.2, 0.25) is 10.0 Å². The third-order valence-electron chi connectivity index (χ3n) is 4.41. The summed E-state index contributed by atoms with van der Waals surface area (Å²) in [6.07, 6.45) is 0. The number of dihydropyridines is 1. The first-order chi connectivity index (χ1) is 12.6. The van der Waals surface area contributed by atoms with Gasteiger partial charge in [-0.05, 0) is 31.5 Å². The molecule has 0 saturated heterocycles. The number of nitrogens with one attached hydrogen (secondary N) is 1. The maximum absolute atomic E-state index is 13.3. The molecule has 1 aliphatic heterocycles. The third kappa shape index (κ3) is 4.35. The minimum atomic E-state index is -3.95. The Labute approximate surface area is 164 Å². The molecule has 2 N–H and O–H groups in total. The second kappa shape index (κ2) is 8.43. The number of nitrogens with zero attached hydrogens (tertiary/aromatic N) is 1. The molecule has 9 heteroatoms. The van der Waals surface area contributed by atoms with Gasteiger partial charge < -0.3 is 15.2 Å². The second-order valence-electron chi connectivity index (χ2n) is 6.27. The van der Waals surface area contributed by atoms with E-state index >= 15 is 0 Å². The van der Waals surface area contributed by atoms with Crippen LogP contribution in [0, 0.1) is 0 Å². The number of methoxy groups -OCH3 is 1. The van der Waals surface area contributed by atoms with Crippen molar-refractivity contribution < 1.29 is 23.1 Å². The van der Waals surface area contributed by atoms with Crippen LogP contribution in [0.25, 0.3) is 0 Å². The lowest BCUT2D eigenvalue weighted by Crippen LogP contribution is -2.38. The lowest BCUT2D eigenvalue weighted by Gasteiger charge is -2.32. The van der Waals surface area contributed by atoms with E-state index < -0.39 is 21.9 Å². The number of hydrogen-bond donors (Lipinski definition) is 2. The number of halogens is 1. The molecule has 0 fully saturated rings. The Morgan fingerprint density at radius 2 is 2.00 bits per heavy atom. The molecule has 0 bridgehead atoms. The fourth-order valence-corrected chi connectivity index (χ4v) is 4.95. The van der Waals surface area contributed by atoms with Crippen LogP contribution >= 0.6 is 11.6 Å². The largest absolute Gasteiger partial charge is 0.478 e. The SMILES string of the molecule is COCCN(C)S(=O)(=O)C1=C(C)NC(C)=C(C(=O)O)C1c1cccc(Cl)c1. The highest BCUT2D eigenvalue weighted by molar-refractivity contribution is 7.93. The molecule has 27 heavy (non-hydrogen) atoms. The van der Waals surface area contributed by atoms with Crippen LogP contribution in [-0.4, -0.2) is 51.1 Å². The van der Waals surface area contributed by atoms with Crippen molar-refractivity contribution in [1.29, 1.82) is 0 Å². The first-order valence-electron chi connectivity index (χ1n) is 8.23. The summed E-state index contributed by atoms with van der Waals surface area (Å²) in [5.41, 5.74) is 1.25. The lowest BCUT2D eigenvalue weighted by molar-refractivity contribution is -0.133. The zero-order chi connectivity index (χ0) is 20.4. The molecule has 0 spiro atoms. The van der Waals surface area contributed by atoms with Crippen molar-refractivity contribution >= 4 is 27.6 Å². The van der Waals surface area contributed by atoms with Gasteiger partial charge in [-0.25, -0.2) is 13.2 Å². The highest BCUT2D eigenvalue weighted by Gasteiger charge is 2.41. The van der Waals surface area contributed by atoms with Gasteiger partial charge in [-0.2, -0.15) is 4.31 Å². The number of ether oxygens (including phenoxy) is 1. The van der Waals surface area contributed by atoms with Gasteiger partial charge in [0.25, 0.3) is 0 Å². The quantitative estimate of drug-likeness (QED) is 0.711. The predicted molar refractivity (Wildman–Crippen MR) is 104 cm³/mol. The molecule has 148 valence electrons. The summed E-state index contributed by atoms with van der Waals surface area (Å²) in [6.45, 7) is 3.60. The first kappa shape index (κ1) is 21.4. The van der Waals surface area contributed by atoms with Crippen LogP contribution in [0.5, 0.6) is 0 Å². The molecular weight excluding hydrogens is 392 g/mol. The minimum Gasteiger partial charge on any atom is -0.478 e. The average Bonchev–Trinajstić information content (AvgIpc) is 2.58. The number of benzene rings is 1. The van der Waals surface area contributed by atoms with Gasteiger partial charge >= 0.3 is 5.97 Å². The average molecular weight is 415 g/mol. The fourth-order valence-electron chi connectivity index (χ4n) is 3.11. The number of hydrogen-bond acceptors (Lipinski definition) is 5. The normalized spacial score (nSPS) is 18.1. The van der Waals surface area contributed by atoms with E-state index in [-0.39, 0.29) is 23.6 Å². The molecule has 0 radical (unpaired) electrons. The Balaban J connectivity index is 2.69. The van der Waals surface area contributed by atoms with Crippen molar-refractivity contribution in [2.75, 3.05) is 27.3 Å². The molecule has 0 amide bonds. The van der Waals surface area contributed by atoms with Crippen LogP contribution in [0.4, 0.5) is 0 Å². The zero-order valence-electron chi connectivity index (χ0n) is 15.6. The number of likely N-dealkylation sites (N-methyl/N-ethyl adjacent to an activating group) is 1. The van der Waals surface area contributed by atoms with Crippen molar-refractivity contribution in [2.24, 2.45) is 0 Å². The fraction of sp³-hybridized carbons (Fsp3) is 0.389. The number of sulfonamides is 1. The maximum atomic E-state index is 13.3. The summed E-state index contributed by atoms with van der Waals surface area (Å²) >= 11 is 6.09. The third-order valence-corrected chi connectivity index (χ3v) is 6.75. The molecule has 2 rings (SSSR count). The summed E-state index contributed by atoms with van der Waals surface area (Å²) in [6, 6.07) is 6.59. The Bertz CT molecular complexity index is 908. The molecule has 0 aliphatic carbocycles. The molecule has 0 saturated carbocycles. The summed E-state index contributed by atoms with van der Waals surface area (Å²) in [5, 5.41) is 13.1. The lowest BCUT2D eigenvalue weighted by atomic mass is 9.86. The Hall–Kier alpha value is -1.87. The molecule has 7 nitrogen and oxygen atoms in total. The van der Waals surface area contributed by atoms with E-state index in [1.807, 2.05) is 0 Å². The highest BCUT2D eigenvalue weighted by Crippen LogP contribution is 2.42. The van der Waals surface area contributed by atoms with Gasteiger partial charge in [-0.3, -0.25) is 0 Å². The van der Waals surface area contributed by atoms with Crippen molar-refractivity contribution in [2.45, 2.75) is 19.8 Å². The summed E-state index contributed by atoms with van der Waals surface area (Å²) < 4.78 is 32.7. The zero-order valence-corrected chi connectivity index (χ0v) is 17.2. The van der Waals surface area contributed by atoms with E-state index in [1.165, 1.54) is 14.2 Å². The van der Waals surface area contributed by atoms with Crippen molar-refractivity contribution in [1.82, 2.24) is 9.62 Å². The minimum absolute atomic E-state index is 0.00799. The smallest absolute Gasteiger partial charge is 0.334 e. The number of carbonyl (C=O) groups is 1. The summed E-state index contributed by atoms with van der Waals surface area (Å²) in [7, 11) is -1.03. The molecule has 1 heterocycles. The Morgan fingerprint density at radius 1 is 1.33 bits per heavy atom. The standard InChI is InChI=1S/C18H23ClN2O5S/c1-11-15(18(22)23)16(13-6-5-7-14(19)10-13)17(12(2)20-11)27(24,25)21(3)8-9-26-4/h5-7,10,16,20H,8-9H2,1-4H3,(H,22,23). The van der Waals surface area contributed by atoms with Gasteiger partial charge in [0, 0.05) is 37.1 Å². The van der Waals surface area contributed by atoms with Gasteiger partial charge in [-0.15, -0.1) is 0 Å². The van der Waals surface area contributed by atoms with Crippen LogP contribution in [0.2, 0.25) is 5.02 Å². The van der Waals surface area contributed by atoms with Crippen molar-refractivity contribution in [3.8, 4) is 0 Å². The molecule has 1 aromatic rings. The Kier molecular flexibility index (Phi) is 6.69. The van der Waals surface area contributed by atoms with E-state index in [1.54, 1.807) is 38.1 Å². The van der Waals surface area contributed by atoms with Crippen LogP contribution in [-0.2, 0) is 19.6 Å². The van der Waals surface area contributed by atoms with Gasteiger partial charge in [0.1, 0.15) is 0 Å². The van der Waals surface area contributed by atoms with Crippen molar-refractivity contribution in [3.63, 3.8) is 0 Å². The number of carboxylic acid groups (broad SMARTS) is 1. The van der Waals surface area contributed by atoms with Gasteiger partial charge in [0.15, 0.2) is 0 Å². The van der Waals surface area contributed by atoms with E-state index in [2.05, 4.69) is 5.32 Å². The summed E-state index contributed by atoms with van der Waals surface area (Å²) in [4.78, 5) is 12.0. The monoisotopic (exact) mass is 414 g/mol. The molecule has 1 atom stereocenters. The molecular formula is C18H23ClN2O5S. The van der Waals surface area contributed by atoms with Gasteiger partial charge in [0.05, 0.1) is 23.0 Å². The summed E-state index contributed by atoms with van der Waals surface area (Å²) in [5.74, 6) is -2.16. The molecule has 1 aromatic carbocycles. The number of aliphatic carboxylic acids is 1. The number of allylic oxidation sites excluding steroid dienone is 3. The first-order valence-corrected chi connectivity index (χ1v) is 10.1. The molecule has 1 unspecified atom stereocenters. The van der Waals surface area contributed by atoms with E-state index in [0.717, 1.165) is 4.31 Å². The highest BCUT2D eigenvalue weighted by atomic mass is 35.5. The van der Waals surface area contributed by atoms with E-state index in [0.29, 0.717) is 22.0 Å². The predicted octanol–water partition coefficient (Wildman–Crippen LogP) is 2.52. The van der Waals surface area contributed by atoms with Gasteiger partial charge in [-0.1, -0.05) is 23.7 Å². The Morgan fingerprint density at radius 3 is 2.56 bits per heavy atom. The van der Waals surface area contributed by atoms with Crippen LogP contribution in [0.1, 0.15) is 25.3 Å². The van der Waals surface area contributed by atoms with E-state index in [4.69, 9.17) is 16.3 Å². The number of rotatable bonds is 7. The van der Waals surface area contributed by atoms with Crippen LogP contribution in [0.15, 0.2) is 46.1 Å². The van der Waals surface area contributed by atoms with Crippen LogP contribution in [0.3, 0.4) is 0 Å². The van der Waals surface area contributed by atoms with Crippen LogP contribution < -0.4 is 5.32 Å². The topological polar surface area (TPSA) is 95.9 Å². The van der Waals surface area contributed by atoms with Crippen molar-refractivity contribution in [3.05, 3.63) is 56.7 Å². The second-order valence-corrected chi connectivity index (χ2v) is 8.72. The maximum Gasteiger partial charge on any atom is 0.334 e. The molecule has 1 aliphatic rings. The molecule has 0 aromatic heterocycles.